The fourth-order valence-corrected chi connectivity index (χ4v) is 5.23. The molecule has 2 heterocycles. The minimum Gasteiger partial charge on any atom is -0.311 e. The van der Waals surface area contributed by atoms with Gasteiger partial charge in [0.15, 0.2) is 4.83 Å². The van der Waals surface area contributed by atoms with E-state index in [9.17, 15) is 9.59 Å². The van der Waals surface area contributed by atoms with Crippen molar-refractivity contribution >= 4 is 33.1 Å². The fraction of sp³-hybridized carbons (Fsp3) is 0.429. The van der Waals surface area contributed by atoms with Crippen LogP contribution >= 0.6 is 11.3 Å². The molecule has 0 aliphatic heterocycles. The van der Waals surface area contributed by atoms with E-state index in [1.165, 1.54) is 9.56 Å². The van der Waals surface area contributed by atoms with Gasteiger partial charge in [0.25, 0.3) is 5.56 Å². The molecule has 1 atom stereocenters. The molecule has 0 spiro atoms. The van der Waals surface area contributed by atoms with E-state index >= 15 is 0 Å². The summed E-state index contributed by atoms with van der Waals surface area (Å²) in [6.45, 7) is 6.57. The highest BCUT2D eigenvalue weighted by molar-refractivity contribution is 7.18. The molecular weight excluding hydrogens is 372 g/mol. The van der Waals surface area contributed by atoms with E-state index in [-0.39, 0.29) is 18.0 Å². The smallest absolute Gasteiger partial charge is 0.279 e. The molecule has 0 radical (unpaired) electrons. The van der Waals surface area contributed by atoms with Crippen LogP contribution in [0.4, 0.5) is 5.69 Å². The Balaban J connectivity index is 1.67. The Labute approximate surface area is 167 Å². The van der Waals surface area contributed by atoms with Gasteiger partial charge in [-0.1, -0.05) is 24.3 Å². The van der Waals surface area contributed by atoms with Crippen LogP contribution < -0.4 is 10.5 Å². The number of hydrogen-bond donors (Lipinski definition) is 0. The molecule has 0 saturated carbocycles. The number of anilines is 1. The first-order valence-corrected chi connectivity index (χ1v) is 10.5. The molecule has 7 heteroatoms. The second-order valence-corrected chi connectivity index (χ2v) is 8.64. The van der Waals surface area contributed by atoms with Crippen LogP contribution in [0.2, 0.25) is 0 Å². The zero-order valence-electron chi connectivity index (χ0n) is 16.4. The Kier molecular flexibility index (Phi) is 5.02. The number of nitrogens with zero attached hydrogens (tertiary/aromatic N) is 4. The highest BCUT2D eigenvalue weighted by Crippen LogP contribution is 2.35. The van der Waals surface area contributed by atoms with Gasteiger partial charge in [-0.15, -0.1) is 16.4 Å². The molecule has 28 heavy (non-hydrogen) atoms. The summed E-state index contributed by atoms with van der Waals surface area (Å²) in [5.41, 5.74) is 2.83. The number of thiophene rings is 1. The maximum atomic E-state index is 13.1. The van der Waals surface area contributed by atoms with Crippen molar-refractivity contribution in [2.45, 2.75) is 46.6 Å². The van der Waals surface area contributed by atoms with E-state index in [2.05, 4.69) is 17.2 Å². The van der Waals surface area contributed by atoms with Gasteiger partial charge >= 0.3 is 0 Å². The van der Waals surface area contributed by atoms with Crippen LogP contribution in [0.3, 0.4) is 0 Å². The predicted octanol–water partition coefficient (Wildman–Crippen LogP) is 3.34. The first kappa shape index (κ1) is 18.8. The molecule has 0 N–H and O–H groups in total. The molecule has 6 nitrogen and oxygen atoms in total. The maximum absolute atomic E-state index is 13.1. The van der Waals surface area contributed by atoms with Crippen LogP contribution in [0.25, 0.3) is 10.2 Å². The summed E-state index contributed by atoms with van der Waals surface area (Å²) in [5.74, 6) is 0.464. The summed E-state index contributed by atoms with van der Waals surface area (Å²) in [7, 11) is 0. The number of likely N-dealkylation sites (N-methyl/N-ethyl adjacent to an activating group) is 1. The molecule has 1 aliphatic carbocycles. The van der Waals surface area contributed by atoms with Crippen molar-refractivity contribution in [2.75, 3.05) is 11.4 Å². The molecule has 1 amide bonds. The van der Waals surface area contributed by atoms with Crippen molar-refractivity contribution in [3.8, 4) is 0 Å². The number of aryl methyl sites for hydroxylation is 2. The molecule has 3 aromatic rings. The maximum Gasteiger partial charge on any atom is 0.279 e. The molecule has 1 aromatic carbocycles. The summed E-state index contributed by atoms with van der Waals surface area (Å²) in [4.78, 5) is 29.6. The lowest BCUT2D eigenvalue weighted by atomic mass is 9.89. The zero-order valence-corrected chi connectivity index (χ0v) is 17.3. The minimum absolute atomic E-state index is 0.107. The average molecular weight is 397 g/mol. The highest BCUT2D eigenvalue weighted by atomic mass is 32.1. The SMILES string of the molecule is CCN(C(=O)Cn1nnc2sc3c(c2c1=O)CCC(C)C3)c1cccc(C)c1. The predicted molar refractivity (Wildman–Crippen MR) is 112 cm³/mol. The minimum atomic E-state index is -0.203. The van der Waals surface area contributed by atoms with E-state index < -0.39 is 0 Å². The number of rotatable bonds is 4. The van der Waals surface area contributed by atoms with Gasteiger partial charge in [-0.05, 0) is 62.3 Å². The number of hydrogen-bond acceptors (Lipinski definition) is 5. The van der Waals surface area contributed by atoms with Gasteiger partial charge in [-0.2, -0.15) is 0 Å². The van der Waals surface area contributed by atoms with Gasteiger partial charge in [0, 0.05) is 17.1 Å². The van der Waals surface area contributed by atoms with Crippen LogP contribution in [0, 0.1) is 12.8 Å². The third-order valence-corrected chi connectivity index (χ3v) is 6.54. The number of carbonyl (C=O) groups is 1. The molecule has 0 saturated heterocycles. The summed E-state index contributed by atoms with van der Waals surface area (Å²) in [6, 6.07) is 7.79. The molecule has 1 aliphatic rings. The van der Waals surface area contributed by atoms with Crippen molar-refractivity contribution in [3.63, 3.8) is 0 Å². The van der Waals surface area contributed by atoms with Gasteiger partial charge in [0.05, 0.1) is 5.39 Å². The Morgan fingerprint density at radius 1 is 1.39 bits per heavy atom. The number of carbonyl (C=O) groups excluding carboxylic acids is 1. The lowest BCUT2D eigenvalue weighted by Crippen LogP contribution is -2.37. The molecule has 4 rings (SSSR count). The van der Waals surface area contributed by atoms with Gasteiger partial charge < -0.3 is 4.90 Å². The normalized spacial score (nSPS) is 16.2. The largest absolute Gasteiger partial charge is 0.311 e. The Hall–Kier alpha value is -2.54. The Morgan fingerprint density at radius 3 is 2.96 bits per heavy atom. The highest BCUT2D eigenvalue weighted by Gasteiger charge is 2.24. The molecule has 146 valence electrons. The van der Waals surface area contributed by atoms with E-state index in [1.54, 1.807) is 16.2 Å². The fourth-order valence-electron chi connectivity index (χ4n) is 3.91. The van der Waals surface area contributed by atoms with Crippen LogP contribution in [-0.4, -0.2) is 27.4 Å². The summed E-state index contributed by atoms with van der Waals surface area (Å²) in [5, 5.41) is 8.97. The number of fused-ring (bicyclic) bond motifs is 3. The van der Waals surface area contributed by atoms with Crippen LogP contribution in [0.5, 0.6) is 0 Å². The zero-order chi connectivity index (χ0) is 19.8. The second kappa shape index (κ2) is 7.47. The van der Waals surface area contributed by atoms with Gasteiger partial charge in [-0.3, -0.25) is 9.59 Å². The van der Waals surface area contributed by atoms with Crippen LogP contribution in [-0.2, 0) is 24.2 Å². The van der Waals surface area contributed by atoms with Crippen molar-refractivity contribution in [2.24, 2.45) is 5.92 Å². The van der Waals surface area contributed by atoms with Crippen molar-refractivity contribution in [3.05, 3.63) is 50.6 Å². The standard InChI is InChI=1S/C21H24N4O2S/c1-4-24(15-7-5-6-13(2)10-15)18(26)12-25-21(27)19-16-9-8-14(3)11-17(16)28-20(19)22-23-25/h5-7,10,14H,4,8-9,11-12H2,1-3H3. The van der Waals surface area contributed by atoms with E-state index in [4.69, 9.17) is 0 Å². The van der Waals surface area contributed by atoms with E-state index in [0.29, 0.717) is 22.7 Å². The van der Waals surface area contributed by atoms with Crippen molar-refractivity contribution in [1.82, 2.24) is 15.0 Å². The monoisotopic (exact) mass is 396 g/mol. The number of benzene rings is 1. The van der Waals surface area contributed by atoms with Gasteiger partial charge in [0.1, 0.15) is 6.54 Å². The molecule has 0 fully saturated rings. The summed E-state index contributed by atoms with van der Waals surface area (Å²) in [6.07, 6.45) is 2.97. The Morgan fingerprint density at radius 2 is 2.21 bits per heavy atom. The summed E-state index contributed by atoms with van der Waals surface area (Å²) < 4.78 is 1.22. The molecule has 1 unspecified atom stereocenters. The van der Waals surface area contributed by atoms with Crippen LogP contribution in [0.1, 0.15) is 36.3 Å². The lowest BCUT2D eigenvalue weighted by Gasteiger charge is -2.21. The Bertz CT molecular complexity index is 1100. The van der Waals surface area contributed by atoms with Gasteiger partial charge in [0.2, 0.25) is 5.91 Å². The molecule has 2 aromatic heterocycles. The topological polar surface area (TPSA) is 68.1 Å². The number of aromatic nitrogens is 3. The first-order valence-electron chi connectivity index (χ1n) is 9.73. The third kappa shape index (κ3) is 3.35. The van der Waals surface area contributed by atoms with E-state index in [0.717, 1.165) is 36.1 Å². The van der Waals surface area contributed by atoms with E-state index in [1.807, 2.05) is 38.1 Å². The first-order chi connectivity index (χ1) is 13.5. The third-order valence-electron chi connectivity index (χ3n) is 5.40. The number of amides is 1. The lowest BCUT2D eigenvalue weighted by molar-refractivity contribution is -0.119. The van der Waals surface area contributed by atoms with Gasteiger partial charge in [-0.25, -0.2) is 4.68 Å². The quantitative estimate of drug-likeness (QED) is 0.678. The molecular formula is C21H24N4O2S. The van der Waals surface area contributed by atoms with Crippen molar-refractivity contribution in [1.29, 1.82) is 0 Å². The molecule has 0 bridgehead atoms. The average Bonchev–Trinajstić information content (AvgIpc) is 3.03. The second-order valence-electron chi connectivity index (χ2n) is 7.56. The summed E-state index contributed by atoms with van der Waals surface area (Å²) >= 11 is 1.57. The van der Waals surface area contributed by atoms with Crippen molar-refractivity contribution < 1.29 is 4.79 Å². The van der Waals surface area contributed by atoms with Crippen LogP contribution in [0.15, 0.2) is 29.1 Å².